The Kier molecular flexibility index (Phi) is 9.55. The van der Waals surface area contributed by atoms with Crippen molar-refractivity contribution in [1.29, 1.82) is 0 Å². The number of amides is 2. The molecule has 2 heterocycles. The number of rotatable bonds is 2. The van der Waals surface area contributed by atoms with Crippen molar-refractivity contribution in [2.75, 3.05) is 21.3 Å². The van der Waals surface area contributed by atoms with Gasteiger partial charge >= 0.3 is 24.1 Å². The van der Waals surface area contributed by atoms with E-state index in [2.05, 4.69) is 36.6 Å². The molecule has 4 rings (SSSR count). The van der Waals surface area contributed by atoms with Crippen LogP contribution in [0.1, 0.15) is 22.3 Å². The van der Waals surface area contributed by atoms with Crippen LogP contribution in [-0.2, 0) is 49.7 Å². The summed E-state index contributed by atoms with van der Waals surface area (Å²) < 4.78 is 15.9. The highest BCUT2D eigenvalue weighted by Gasteiger charge is 2.37. The summed E-state index contributed by atoms with van der Waals surface area (Å²) in [5, 5.41) is 9.20. The second kappa shape index (κ2) is 12.4. The van der Waals surface area contributed by atoms with Crippen molar-refractivity contribution in [2.24, 2.45) is 0 Å². The van der Waals surface area contributed by atoms with Gasteiger partial charge in [-0.25, -0.2) is 19.2 Å². The van der Waals surface area contributed by atoms with Gasteiger partial charge in [0.25, 0.3) is 0 Å². The maximum Gasteiger partial charge on any atom is 0.410 e. The Morgan fingerprint density at radius 3 is 1.59 bits per heavy atom. The lowest BCUT2D eigenvalue weighted by molar-refractivity contribution is -0.147. The van der Waals surface area contributed by atoms with Crippen LogP contribution >= 0.6 is 31.9 Å². The van der Waals surface area contributed by atoms with Crippen LogP contribution in [0.2, 0.25) is 0 Å². The number of esters is 1. The molecule has 0 spiro atoms. The molecule has 2 atom stereocenters. The Bertz CT molecular complexity index is 1210. The van der Waals surface area contributed by atoms with Crippen molar-refractivity contribution >= 4 is 56.0 Å². The Labute approximate surface area is 230 Å². The number of carboxylic acids is 1. The van der Waals surface area contributed by atoms with E-state index in [-0.39, 0.29) is 13.0 Å². The van der Waals surface area contributed by atoms with Crippen molar-refractivity contribution in [3.63, 3.8) is 0 Å². The van der Waals surface area contributed by atoms with Gasteiger partial charge in [0.1, 0.15) is 12.1 Å². The molecule has 2 aromatic carbocycles. The van der Waals surface area contributed by atoms with Crippen LogP contribution in [0.3, 0.4) is 0 Å². The number of fused-ring (bicyclic) bond motifs is 2. The molecule has 10 nitrogen and oxygen atoms in total. The number of hydrogen-bond acceptors (Lipinski definition) is 7. The topological polar surface area (TPSA) is 123 Å². The summed E-state index contributed by atoms with van der Waals surface area (Å²) in [6.07, 6.45) is -0.450. The SMILES string of the molecule is COC(=O)N1Cc2cccc(Br)c2C[C@@H]1C(=O)O.COC(=O)[C@H]1Cc2c(Br)cccc2CN1C(=O)OC. The van der Waals surface area contributed by atoms with E-state index < -0.39 is 36.2 Å². The highest BCUT2D eigenvalue weighted by molar-refractivity contribution is 9.10. The minimum Gasteiger partial charge on any atom is -0.480 e. The summed E-state index contributed by atoms with van der Waals surface area (Å²) in [7, 11) is 3.86. The maximum absolute atomic E-state index is 11.8. The Balaban J connectivity index is 0.000000206. The first-order valence-electron chi connectivity index (χ1n) is 11.1. The third-order valence-corrected chi connectivity index (χ3v) is 7.72. The highest BCUT2D eigenvalue weighted by atomic mass is 79.9. The number of carboxylic acid groups (broad SMARTS) is 1. The Hall–Kier alpha value is -3.12. The molecule has 2 aliphatic rings. The lowest BCUT2D eigenvalue weighted by Gasteiger charge is -2.34. The number of carbonyl (C=O) groups is 4. The number of nitrogens with zero attached hydrogens (tertiary/aromatic N) is 2. The normalized spacial score (nSPS) is 17.9. The van der Waals surface area contributed by atoms with Crippen molar-refractivity contribution < 1.29 is 38.5 Å². The Morgan fingerprint density at radius 1 is 0.757 bits per heavy atom. The van der Waals surface area contributed by atoms with Gasteiger partial charge in [-0.05, 0) is 34.4 Å². The quantitative estimate of drug-likeness (QED) is 0.384. The first kappa shape index (κ1) is 28.5. The van der Waals surface area contributed by atoms with Crippen LogP contribution in [0.25, 0.3) is 0 Å². The second-order valence-corrected chi connectivity index (χ2v) is 9.96. The van der Waals surface area contributed by atoms with Crippen LogP contribution in [0.5, 0.6) is 0 Å². The van der Waals surface area contributed by atoms with Crippen LogP contribution in [0, 0.1) is 0 Å². The largest absolute Gasteiger partial charge is 0.480 e. The van der Waals surface area contributed by atoms with Gasteiger partial charge in [-0.2, -0.15) is 0 Å². The van der Waals surface area contributed by atoms with Crippen molar-refractivity contribution in [3.8, 4) is 0 Å². The molecule has 0 bridgehead atoms. The van der Waals surface area contributed by atoms with Crippen molar-refractivity contribution in [3.05, 3.63) is 67.6 Å². The maximum atomic E-state index is 11.8. The molecule has 1 N–H and O–H groups in total. The molecule has 198 valence electrons. The molecule has 2 aliphatic heterocycles. The van der Waals surface area contributed by atoms with Gasteiger partial charge in [0, 0.05) is 21.8 Å². The van der Waals surface area contributed by atoms with E-state index in [1.54, 1.807) is 0 Å². The fourth-order valence-corrected chi connectivity index (χ4v) is 5.48. The van der Waals surface area contributed by atoms with Gasteiger partial charge in [0.2, 0.25) is 0 Å². The summed E-state index contributed by atoms with van der Waals surface area (Å²) >= 11 is 6.87. The van der Waals surface area contributed by atoms with E-state index in [1.165, 1.54) is 31.1 Å². The van der Waals surface area contributed by atoms with E-state index in [1.807, 2.05) is 36.4 Å². The minimum absolute atomic E-state index is 0.248. The highest BCUT2D eigenvalue weighted by Crippen LogP contribution is 2.31. The third kappa shape index (κ3) is 6.24. The lowest BCUT2D eigenvalue weighted by atomic mass is 9.94. The summed E-state index contributed by atoms with van der Waals surface area (Å²) in [4.78, 5) is 49.1. The number of methoxy groups -OCH3 is 3. The number of benzene rings is 2. The predicted molar refractivity (Wildman–Crippen MR) is 139 cm³/mol. The summed E-state index contributed by atoms with van der Waals surface area (Å²) in [5.74, 6) is -1.46. The molecule has 37 heavy (non-hydrogen) atoms. The van der Waals surface area contributed by atoms with Gasteiger partial charge in [-0.1, -0.05) is 56.1 Å². The summed E-state index contributed by atoms with van der Waals surface area (Å²) in [6, 6.07) is 9.83. The smallest absolute Gasteiger partial charge is 0.410 e. The lowest BCUT2D eigenvalue weighted by Crippen LogP contribution is -2.49. The first-order chi connectivity index (χ1) is 17.6. The zero-order valence-corrected chi connectivity index (χ0v) is 23.6. The zero-order valence-electron chi connectivity index (χ0n) is 20.4. The number of hydrogen-bond donors (Lipinski definition) is 1. The number of aliphatic carboxylic acids is 1. The molecule has 12 heteroatoms. The van der Waals surface area contributed by atoms with E-state index in [9.17, 15) is 24.3 Å². The number of ether oxygens (including phenoxy) is 3. The molecule has 0 aromatic heterocycles. The standard InChI is InChI=1S/C13H14BrNO4.C12H12BrNO4/c1-18-12(16)11-6-9-8(4-3-5-10(9)14)7-15(11)13(17)19-2;1-18-12(17)14-6-7-3-2-4-9(13)8(7)5-10(14)11(15)16/h3-5,11H,6-7H2,1-2H3;2-4,10H,5-6H2,1H3,(H,15,16)/t11-;10-/m11/s1. The van der Waals surface area contributed by atoms with Crippen molar-refractivity contribution in [1.82, 2.24) is 9.80 Å². The van der Waals surface area contributed by atoms with Gasteiger partial charge in [-0.3, -0.25) is 9.80 Å². The van der Waals surface area contributed by atoms with E-state index in [0.29, 0.717) is 13.0 Å². The molecular weight excluding hydrogens is 616 g/mol. The molecule has 0 saturated carbocycles. The van der Waals surface area contributed by atoms with Gasteiger partial charge < -0.3 is 19.3 Å². The molecule has 2 aromatic rings. The van der Waals surface area contributed by atoms with E-state index in [0.717, 1.165) is 31.2 Å². The van der Waals surface area contributed by atoms with Crippen LogP contribution in [-0.4, -0.2) is 72.4 Å². The third-order valence-electron chi connectivity index (χ3n) is 6.24. The molecule has 0 radical (unpaired) electrons. The van der Waals surface area contributed by atoms with Crippen LogP contribution < -0.4 is 0 Å². The van der Waals surface area contributed by atoms with Crippen LogP contribution in [0.4, 0.5) is 9.59 Å². The number of halogens is 2. The summed E-state index contributed by atoms with van der Waals surface area (Å²) in [6.45, 7) is 0.583. The average Bonchev–Trinajstić information content (AvgIpc) is 2.91. The van der Waals surface area contributed by atoms with Crippen LogP contribution in [0.15, 0.2) is 45.3 Å². The molecule has 0 aliphatic carbocycles. The fraction of sp³-hybridized carbons (Fsp3) is 0.360. The molecule has 0 unspecified atom stereocenters. The zero-order chi connectivity index (χ0) is 27.3. The molecule has 0 saturated heterocycles. The number of carbonyl (C=O) groups excluding carboxylic acids is 3. The van der Waals surface area contributed by atoms with Crippen molar-refractivity contribution in [2.45, 2.75) is 38.0 Å². The monoisotopic (exact) mass is 640 g/mol. The fourth-order valence-electron chi connectivity index (χ4n) is 4.34. The Morgan fingerprint density at radius 2 is 1.19 bits per heavy atom. The van der Waals surface area contributed by atoms with Gasteiger partial charge in [0.15, 0.2) is 0 Å². The average molecular weight is 642 g/mol. The first-order valence-corrected chi connectivity index (χ1v) is 12.7. The van der Waals surface area contributed by atoms with Gasteiger partial charge in [-0.15, -0.1) is 0 Å². The molecule has 0 fully saturated rings. The van der Waals surface area contributed by atoms with Gasteiger partial charge in [0.05, 0.1) is 34.4 Å². The predicted octanol–water partition coefficient (Wildman–Crippen LogP) is 4.14. The van der Waals surface area contributed by atoms with E-state index >= 15 is 0 Å². The minimum atomic E-state index is -1.03. The van der Waals surface area contributed by atoms with E-state index in [4.69, 9.17) is 9.47 Å². The molecular formula is C25H26Br2N2O8. The second-order valence-electron chi connectivity index (χ2n) is 8.25. The molecule has 2 amide bonds. The summed E-state index contributed by atoms with van der Waals surface area (Å²) in [5.41, 5.74) is 3.90.